The first-order chi connectivity index (χ1) is 8.38. The molecule has 0 bridgehead atoms. The Kier molecular flexibility index (Phi) is 3.08. The maximum Gasteiger partial charge on any atom is 0.433 e. The van der Waals surface area contributed by atoms with Gasteiger partial charge in [-0.15, -0.1) is 0 Å². The minimum Gasteiger partial charge on any atom is -0.481 e. The first kappa shape index (κ1) is 12.9. The Balaban J connectivity index is 2.50. The Morgan fingerprint density at radius 1 is 1.33 bits per heavy atom. The number of alkyl halides is 3. The summed E-state index contributed by atoms with van der Waals surface area (Å²) in [6, 6.07) is 0. The third-order valence-electron chi connectivity index (χ3n) is 3.55. The minimum atomic E-state index is -4.61. The van der Waals surface area contributed by atoms with E-state index in [1.807, 2.05) is 5.10 Å². The zero-order valence-corrected chi connectivity index (χ0v) is 9.55. The summed E-state index contributed by atoms with van der Waals surface area (Å²) in [6.07, 6.45) is -1.05. The van der Waals surface area contributed by atoms with Gasteiger partial charge in [-0.05, 0) is 12.8 Å². The van der Waals surface area contributed by atoms with Crippen molar-refractivity contribution in [3.05, 3.63) is 17.5 Å². The molecular formula is C11H13F3N2O2. The number of aromatic amines is 1. The van der Waals surface area contributed by atoms with E-state index in [1.165, 1.54) is 0 Å². The van der Waals surface area contributed by atoms with Crippen molar-refractivity contribution < 1.29 is 23.1 Å². The molecule has 1 aliphatic carbocycles. The highest BCUT2D eigenvalue weighted by Crippen LogP contribution is 2.44. The highest BCUT2D eigenvalue weighted by molar-refractivity contribution is 5.81. The molecule has 0 atom stereocenters. The average Bonchev–Trinajstić information content (AvgIpc) is 2.78. The zero-order valence-electron chi connectivity index (χ0n) is 9.55. The summed E-state index contributed by atoms with van der Waals surface area (Å²) in [5.74, 6) is -1.20. The van der Waals surface area contributed by atoms with Crippen molar-refractivity contribution >= 4 is 5.97 Å². The van der Waals surface area contributed by atoms with E-state index in [9.17, 15) is 23.1 Å². The molecule has 18 heavy (non-hydrogen) atoms. The first-order valence-corrected chi connectivity index (χ1v) is 5.72. The molecule has 0 spiro atoms. The number of hydrogen-bond donors (Lipinski definition) is 2. The average molecular weight is 262 g/mol. The van der Waals surface area contributed by atoms with Gasteiger partial charge in [0.15, 0.2) is 0 Å². The van der Waals surface area contributed by atoms with Gasteiger partial charge in [-0.2, -0.15) is 18.3 Å². The molecule has 2 N–H and O–H groups in total. The second kappa shape index (κ2) is 4.29. The van der Waals surface area contributed by atoms with Crippen LogP contribution in [0.15, 0.2) is 6.20 Å². The molecule has 0 amide bonds. The van der Waals surface area contributed by atoms with Crippen LogP contribution in [-0.2, 0) is 16.4 Å². The van der Waals surface area contributed by atoms with Gasteiger partial charge in [0, 0.05) is 5.56 Å². The summed E-state index contributed by atoms with van der Waals surface area (Å²) in [6.45, 7) is 0. The Labute approximate surface area is 101 Å². The number of carboxylic acid groups (broad SMARTS) is 1. The van der Waals surface area contributed by atoms with Gasteiger partial charge in [0.1, 0.15) is 5.69 Å². The number of carbonyl (C=O) groups is 1. The Hall–Kier alpha value is -1.53. The van der Waals surface area contributed by atoms with Gasteiger partial charge < -0.3 is 5.11 Å². The number of halogens is 3. The molecule has 0 saturated heterocycles. The first-order valence-electron chi connectivity index (χ1n) is 5.72. The summed E-state index contributed by atoms with van der Waals surface area (Å²) in [5, 5.41) is 14.6. The van der Waals surface area contributed by atoms with Crippen LogP contribution in [0, 0.1) is 0 Å². The number of H-pyrrole nitrogens is 1. The number of aliphatic carboxylic acids is 1. The summed E-state index contributed by atoms with van der Waals surface area (Å²) < 4.78 is 38.4. The monoisotopic (exact) mass is 262 g/mol. The van der Waals surface area contributed by atoms with Crippen molar-refractivity contribution in [2.24, 2.45) is 0 Å². The summed E-state index contributed by atoms with van der Waals surface area (Å²) in [4.78, 5) is 11.4. The van der Waals surface area contributed by atoms with Crippen molar-refractivity contribution in [3.8, 4) is 0 Å². The van der Waals surface area contributed by atoms with Crippen LogP contribution in [0.4, 0.5) is 13.2 Å². The lowest BCUT2D eigenvalue weighted by Gasteiger charge is -2.33. The van der Waals surface area contributed by atoms with Crippen LogP contribution in [0.1, 0.15) is 43.4 Å². The van der Waals surface area contributed by atoms with Gasteiger partial charge in [-0.25, -0.2) is 0 Å². The van der Waals surface area contributed by atoms with Crippen LogP contribution in [-0.4, -0.2) is 21.3 Å². The fourth-order valence-corrected chi connectivity index (χ4v) is 2.62. The predicted molar refractivity (Wildman–Crippen MR) is 56.0 cm³/mol. The number of nitrogens with zero attached hydrogens (tertiary/aromatic N) is 1. The predicted octanol–water partition coefficient (Wildman–Crippen LogP) is 2.72. The maximum absolute atomic E-state index is 12.8. The van der Waals surface area contributed by atoms with Gasteiger partial charge in [0.05, 0.1) is 11.6 Å². The van der Waals surface area contributed by atoms with Gasteiger partial charge in [-0.1, -0.05) is 19.3 Å². The SMILES string of the molecule is O=C(O)C1(c2cn[nH]c2C(F)(F)F)CCCCC1. The Morgan fingerprint density at radius 2 is 1.94 bits per heavy atom. The largest absolute Gasteiger partial charge is 0.481 e. The van der Waals surface area contributed by atoms with E-state index in [-0.39, 0.29) is 18.4 Å². The molecule has 1 aromatic heterocycles. The number of aromatic nitrogens is 2. The summed E-state index contributed by atoms with van der Waals surface area (Å²) in [7, 11) is 0. The van der Waals surface area contributed by atoms with E-state index < -0.39 is 23.3 Å². The fraction of sp³-hybridized carbons (Fsp3) is 0.636. The van der Waals surface area contributed by atoms with Crippen LogP contribution in [0.2, 0.25) is 0 Å². The third-order valence-corrected chi connectivity index (χ3v) is 3.55. The van der Waals surface area contributed by atoms with Crippen molar-refractivity contribution in [1.82, 2.24) is 10.2 Å². The van der Waals surface area contributed by atoms with Crippen molar-refractivity contribution in [3.63, 3.8) is 0 Å². The smallest absolute Gasteiger partial charge is 0.433 e. The lowest BCUT2D eigenvalue weighted by Crippen LogP contribution is -2.39. The lowest BCUT2D eigenvalue weighted by atomic mass is 9.69. The number of carboxylic acids is 1. The van der Waals surface area contributed by atoms with Crippen LogP contribution in [0.25, 0.3) is 0 Å². The highest BCUT2D eigenvalue weighted by Gasteiger charge is 2.48. The maximum atomic E-state index is 12.8. The van der Waals surface area contributed by atoms with Gasteiger partial charge in [-0.3, -0.25) is 9.89 Å². The minimum absolute atomic E-state index is 0.227. The normalized spacial score (nSPS) is 19.7. The molecule has 0 aromatic carbocycles. The van der Waals surface area contributed by atoms with Gasteiger partial charge in [0.25, 0.3) is 0 Å². The number of hydrogen-bond acceptors (Lipinski definition) is 2. The van der Waals surface area contributed by atoms with Crippen LogP contribution < -0.4 is 0 Å². The fourth-order valence-electron chi connectivity index (χ4n) is 2.62. The van der Waals surface area contributed by atoms with E-state index in [0.29, 0.717) is 12.8 Å². The molecule has 4 nitrogen and oxygen atoms in total. The topological polar surface area (TPSA) is 66.0 Å². The number of rotatable bonds is 2. The molecule has 0 aliphatic heterocycles. The molecule has 0 radical (unpaired) electrons. The van der Waals surface area contributed by atoms with Crippen molar-refractivity contribution in [1.29, 1.82) is 0 Å². The molecule has 1 heterocycles. The molecular weight excluding hydrogens is 249 g/mol. The molecule has 1 saturated carbocycles. The number of nitrogens with one attached hydrogen (secondary N) is 1. The lowest BCUT2D eigenvalue weighted by molar-refractivity contribution is -0.148. The summed E-state index contributed by atoms with van der Waals surface area (Å²) >= 11 is 0. The van der Waals surface area contributed by atoms with E-state index in [4.69, 9.17) is 0 Å². The van der Waals surface area contributed by atoms with Crippen LogP contribution in [0.3, 0.4) is 0 Å². The van der Waals surface area contributed by atoms with Crippen LogP contribution in [0.5, 0.6) is 0 Å². The molecule has 100 valence electrons. The molecule has 0 unspecified atom stereocenters. The molecule has 1 fully saturated rings. The third kappa shape index (κ3) is 1.97. The standard InChI is InChI=1S/C11H13F3N2O2/c12-11(13,14)8-7(6-15-16-8)10(9(17)18)4-2-1-3-5-10/h6H,1-5H2,(H,15,16)(H,17,18). The second-order valence-electron chi connectivity index (χ2n) is 4.60. The molecule has 7 heteroatoms. The Bertz CT molecular complexity index is 447. The van der Waals surface area contributed by atoms with Crippen molar-refractivity contribution in [2.75, 3.05) is 0 Å². The van der Waals surface area contributed by atoms with E-state index >= 15 is 0 Å². The van der Waals surface area contributed by atoms with Crippen molar-refractivity contribution in [2.45, 2.75) is 43.7 Å². The van der Waals surface area contributed by atoms with E-state index in [0.717, 1.165) is 12.6 Å². The van der Waals surface area contributed by atoms with E-state index in [2.05, 4.69) is 5.10 Å². The van der Waals surface area contributed by atoms with E-state index in [1.54, 1.807) is 0 Å². The van der Waals surface area contributed by atoms with Crippen LogP contribution >= 0.6 is 0 Å². The Morgan fingerprint density at radius 3 is 2.44 bits per heavy atom. The second-order valence-corrected chi connectivity index (χ2v) is 4.60. The molecule has 1 aromatic rings. The summed E-state index contributed by atoms with van der Waals surface area (Å²) in [5.41, 5.74) is -2.72. The highest BCUT2D eigenvalue weighted by atomic mass is 19.4. The van der Waals surface area contributed by atoms with Gasteiger partial charge in [0.2, 0.25) is 0 Å². The molecule has 1 aliphatic rings. The molecule has 2 rings (SSSR count). The van der Waals surface area contributed by atoms with Gasteiger partial charge >= 0.3 is 12.1 Å². The quantitative estimate of drug-likeness (QED) is 0.861. The zero-order chi connectivity index (χ0) is 13.4.